The maximum atomic E-state index is 8.77. The fourth-order valence-electron chi connectivity index (χ4n) is 1.95. The van der Waals surface area contributed by atoms with Crippen molar-refractivity contribution >= 4 is 17.3 Å². The van der Waals surface area contributed by atoms with Crippen LogP contribution in [-0.2, 0) is 0 Å². The van der Waals surface area contributed by atoms with Gasteiger partial charge in [-0.1, -0.05) is 11.6 Å². The normalized spacial score (nSPS) is 16.0. The monoisotopic (exact) mass is 257 g/mol. The molecular formula is C11H16ClN3O2. The highest BCUT2D eigenvalue weighted by Crippen LogP contribution is 2.29. The number of nitrogens with zero attached hydrogens (tertiary/aromatic N) is 3. The van der Waals surface area contributed by atoms with Crippen LogP contribution in [0.5, 0.6) is 5.88 Å². The van der Waals surface area contributed by atoms with Crippen LogP contribution in [0.4, 0.5) is 5.69 Å². The molecule has 2 heterocycles. The quantitative estimate of drug-likeness (QED) is 0.886. The molecule has 94 valence electrons. The first kappa shape index (κ1) is 12.4. The molecule has 0 aromatic carbocycles. The van der Waals surface area contributed by atoms with Crippen LogP contribution in [0.2, 0.25) is 5.15 Å². The second kappa shape index (κ2) is 6.02. The number of ether oxygens (including phenoxy) is 1. The van der Waals surface area contributed by atoms with Crippen LogP contribution in [0.25, 0.3) is 0 Å². The molecule has 0 bridgehead atoms. The number of piperidine rings is 1. The molecule has 1 aromatic rings. The van der Waals surface area contributed by atoms with Crippen LogP contribution in [-0.4, -0.2) is 41.6 Å². The van der Waals surface area contributed by atoms with E-state index in [1.165, 1.54) is 19.3 Å². The van der Waals surface area contributed by atoms with Crippen molar-refractivity contribution in [2.75, 3.05) is 31.2 Å². The Morgan fingerprint density at radius 2 is 2.06 bits per heavy atom. The summed E-state index contributed by atoms with van der Waals surface area (Å²) in [5.41, 5.74) is 0.873. The van der Waals surface area contributed by atoms with E-state index in [-0.39, 0.29) is 13.2 Å². The summed E-state index contributed by atoms with van der Waals surface area (Å²) in [5, 5.41) is 16.8. The van der Waals surface area contributed by atoms with Crippen molar-refractivity contribution in [1.82, 2.24) is 10.2 Å². The average molecular weight is 258 g/mol. The summed E-state index contributed by atoms with van der Waals surface area (Å²) in [5.74, 6) is 0.449. The SMILES string of the molecule is OCCOc1nnc(Cl)cc1N1CCCCC1. The van der Waals surface area contributed by atoms with Crippen LogP contribution < -0.4 is 9.64 Å². The van der Waals surface area contributed by atoms with E-state index in [0.29, 0.717) is 11.0 Å². The maximum absolute atomic E-state index is 8.77. The molecule has 5 nitrogen and oxygen atoms in total. The zero-order valence-electron chi connectivity index (χ0n) is 9.60. The Hall–Kier alpha value is -1.07. The van der Waals surface area contributed by atoms with Crippen LogP contribution in [0, 0.1) is 0 Å². The van der Waals surface area contributed by atoms with E-state index >= 15 is 0 Å². The Morgan fingerprint density at radius 3 is 2.76 bits per heavy atom. The molecule has 0 saturated carbocycles. The van der Waals surface area contributed by atoms with Crippen molar-refractivity contribution in [3.05, 3.63) is 11.2 Å². The third kappa shape index (κ3) is 3.20. The van der Waals surface area contributed by atoms with Gasteiger partial charge in [0.1, 0.15) is 12.3 Å². The number of aliphatic hydroxyl groups is 1. The summed E-state index contributed by atoms with van der Waals surface area (Å²) in [7, 11) is 0. The van der Waals surface area contributed by atoms with Crippen molar-refractivity contribution in [3.63, 3.8) is 0 Å². The van der Waals surface area contributed by atoms with Gasteiger partial charge in [0, 0.05) is 19.2 Å². The summed E-state index contributed by atoms with van der Waals surface area (Å²) in [6.45, 7) is 2.15. The van der Waals surface area contributed by atoms with Gasteiger partial charge in [-0.25, -0.2) is 0 Å². The molecule has 0 unspecified atom stereocenters. The van der Waals surface area contributed by atoms with E-state index in [9.17, 15) is 0 Å². The largest absolute Gasteiger partial charge is 0.473 e. The summed E-state index contributed by atoms with van der Waals surface area (Å²) < 4.78 is 5.37. The molecule has 1 aliphatic heterocycles. The zero-order valence-corrected chi connectivity index (χ0v) is 10.4. The number of rotatable bonds is 4. The fraction of sp³-hybridized carbons (Fsp3) is 0.636. The van der Waals surface area contributed by atoms with Gasteiger partial charge < -0.3 is 14.7 Å². The van der Waals surface area contributed by atoms with E-state index in [1.54, 1.807) is 6.07 Å². The minimum Gasteiger partial charge on any atom is -0.473 e. The molecule has 1 N–H and O–H groups in total. The first-order chi connectivity index (χ1) is 8.31. The van der Waals surface area contributed by atoms with Gasteiger partial charge in [-0.3, -0.25) is 0 Å². The molecule has 0 spiro atoms. The lowest BCUT2D eigenvalue weighted by Gasteiger charge is -2.29. The molecule has 6 heteroatoms. The van der Waals surface area contributed by atoms with Gasteiger partial charge in [-0.05, 0) is 19.3 Å². The highest BCUT2D eigenvalue weighted by molar-refractivity contribution is 6.29. The summed E-state index contributed by atoms with van der Waals surface area (Å²) >= 11 is 5.86. The fourth-order valence-corrected chi connectivity index (χ4v) is 2.10. The van der Waals surface area contributed by atoms with E-state index in [4.69, 9.17) is 21.4 Å². The second-order valence-corrected chi connectivity index (χ2v) is 4.36. The molecule has 17 heavy (non-hydrogen) atoms. The Balaban J connectivity index is 2.19. The Labute approximate surface area is 105 Å². The number of anilines is 1. The van der Waals surface area contributed by atoms with Gasteiger partial charge in [0.15, 0.2) is 5.15 Å². The Morgan fingerprint density at radius 1 is 1.29 bits per heavy atom. The van der Waals surface area contributed by atoms with Gasteiger partial charge in [-0.15, -0.1) is 10.2 Å². The summed E-state index contributed by atoms with van der Waals surface area (Å²) in [6.07, 6.45) is 3.59. The van der Waals surface area contributed by atoms with Gasteiger partial charge in [-0.2, -0.15) is 0 Å². The summed E-state index contributed by atoms with van der Waals surface area (Å²) in [4.78, 5) is 2.21. The number of aromatic nitrogens is 2. The Bertz CT molecular complexity index is 370. The first-order valence-corrected chi connectivity index (χ1v) is 6.21. The number of hydrogen-bond donors (Lipinski definition) is 1. The smallest absolute Gasteiger partial charge is 0.257 e. The minimum atomic E-state index is -0.0379. The molecule has 1 aromatic heterocycles. The lowest BCUT2D eigenvalue weighted by Crippen LogP contribution is -2.30. The molecule has 0 atom stereocenters. The van der Waals surface area contributed by atoms with E-state index < -0.39 is 0 Å². The predicted molar refractivity (Wildman–Crippen MR) is 65.7 cm³/mol. The number of hydrogen-bond acceptors (Lipinski definition) is 5. The predicted octanol–water partition coefficient (Wildman–Crippen LogP) is 1.49. The van der Waals surface area contributed by atoms with E-state index in [0.717, 1.165) is 18.8 Å². The van der Waals surface area contributed by atoms with Crippen LogP contribution in [0.15, 0.2) is 6.07 Å². The third-order valence-corrected chi connectivity index (χ3v) is 2.92. The molecule has 1 saturated heterocycles. The Kier molecular flexibility index (Phi) is 4.39. The molecule has 2 rings (SSSR count). The van der Waals surface area contributed by atoms with E-state index in [2.05, 4.69) is 15.1 Å². The number of aliphatic hydroxyl groups excluding tert-OH is 1. The maximum Gasteiger partial charge on any atom is 0.257 e. The van der Waals surface area contributed by atoms with Crippen molar-refractivity contribution in [3.8, 4) is 5.88 Å². The van der Waals surface area contributed by atoms with Crippen LogP contribution in [0.3, 0.4) is 0 Å². The van der Waals surface area contributed by atoms with Gasteiger partial charge in [0.25, 0.3) is 5.88 Å². The lowest BCUT2D eigenvalue weighted by atomic mass is 10.1. The molecule has 0 amide bonds. The zero-order chi connectivity index (χ0) is 12.1. The molecule has 0 aliphatic carbocycles. The van der Waals surface area contributed by atoms with Gasteiger partial charge in [0.05, 0.1) is 6.61 Å². The molecule has 0 radical (unpaired) electrons. The van der Waals surface area contributed by atoms with Gasteiger partial charge >= 0.3 is 0 Å². The third-order valence-electron chi connectivity index (χ3n) is 2.74. The van der Waals surface area contributed by atoms with Crippen LogP contribution in [0.1, 0.15) is 19.3 Å². The van der Waals surface area contributed by atoms with E-state index in [1.807, 2.05) is 0 Å². The standard InChI is InChI=1S/C11H16ClN3O2/c12-10-8-9(15-4-2-1-3-5-15)11(14-13-10)17-7-6-16/h8,16H,1-7H2. The van der Waals surface area contributed by atoms with Crippen molar-refractivity contribution in [2.45, 2.75) is 19.3 Å². The van der Waals surface area contributed by atoms with Gasteiger partial charge in [0.2, 0.25) is 0 Å². The average Bonchev–Trinajstić information content (AvgIpc) is 2.38. The first-order valence-electron chi connectivity index (χ1n) is 5.83. The minimum absolute atomic E-state index is 0.0379. The van der Waals surface area contributed by atoms with Crippen molar-refractivity contribution in [1.29, 1.82) is 0 Å². The van der Waals surface area contributed by atoms with Crippen LogP contribution >= 0.6 is 11.6 Å². The molecule has 1 fully saturated rings. The second-order valence-electron chi connectivity index (χ2n) is 3.98. The molecular weight excluding hydrogens is 242 g/mol. The highest BCUT2D eigenvalue weighted by atomic mass is 35.5. The lowest BCUT2D eigenvalue weighted by molar-refractivity contribution is 0.195. The molecule has 1 aliphatic rings. The van der Waals surface area contributed by atoms with Crippen molar-refractivity contribution < 1.29 is 9.84 Å². The van der Waals surface area contributed by atoms with Crippen molar-refractivity contribution in [2.24, 2.45) is 0 Å². The summed E-state index contributed by atoms with van der Waals surface area (Å²) in [6, 6.07) is 1.77. The topological polar surface area (TPSA) is 58.5 Å². The highest BCUT2D eigenvalue weighted by Gasteiger charge is 2.17. The number of halogens is 1.